The predicted molar refractivity (Wildman–Crippen MR) is 80.5 cm³/mol. The van der Waals surface area contributed by atoms with Gasteiger partial charge in [0, 0.05) is 30.7 Å². The van der Waals surface area contributed by atoms with Crippen LogP contribution in [0.1, 0.15) is 6.92 Å². The molecule has 6 heteroatoms. The molecular weight excluding hydrogens is 278 g/mol. The quantitative estimate of drug-likeness (QED) is 0.886. The minimum Gasteiger partial charge on any atom is -0.495 e. The van der Waals surface area contributed by atoms with E-state index in [1.807, 2.05) is 0 Å². The number of methoxy groups -OCH3 is 1. The third-order valence-electron chi connectivity index (χ3n) is 3.42. The number of anilines is 1. The summed E-state index contributed by atoms with van der Waals surface area (Å²) >= 11 is 5.95. The maximum atomic E-state index is 12.1. The van der Waals surface area contributed by atoms with Crippen molar-refractivity contribution >= 4 is 23.2 Å². The molecule has 1 saturated heterocycles. The average molecular weight is 298 g/mol. The molecule has 0 unspecified atom stereocenters. The van der Waals surface area contributed by atoms with Gasteiger partial charge < -0.3 is 15.4 Å². The van der Waals surface area contributed by atoms with E-state index in [2.05, 4.69) is 22.5 Å². The number of piperazine rings is 1. The number of hydrogen-bond donors (Lipinski definition) is 2. The van der Waals surface area contributed by atoms with Crippen LogP contribution in [0, 0.1) is 0 Å². The predicted octanol–water partition coefficient (Wildman–Crippen LogP) is 1.58. The summed E-state index contributed by atoms with van der Waals surface area (Å²) in [5, 5.41) is 6.73. The monoisotopic (exact) mass is 297 g/mol. The first kappa shape index (κ1) is 15.1. The van der Waals surface area contributed by atoms with E-state index in [0.29, 0.717) is 29.0 Å². The first-order valence-corrected chi connectivity index (χ1v) is 7.06. The summed E-state index contributed by atoms with van der Waals surface area (Å²) in [5.41, 5.74) is 0.604. The topological polar surface area (TPSA) is 53.6 Å². The molecule has 1 atom stereocenters. The van der Waals surface area contributed by atoms with Crippen LogP contribution < -0.4 is 15.4 Å². The molecule has 0 spiro atoms. The molecule has 0 bridgehead atoms. The normalized spacial score (nSPS) is 19.6. The van der Waals surface area contributed by atoms with Gasteiger partial charge in [0.25, 0.3) is 0 Å². The molecule has 2 N–H and O–H groups in total. The van der Waals surface area contributed by atoms with Gasteiger partial charge in [-0.05, 0) is 25.1 Å². The SMILES string of the molecule is COc1ccc(Cl)cc1NC(=O)CN1CCNC[C@H]1C. The Kier molecular flexibility index (Phi) is 5.23. The molecule has 110 valence electrons. The summed E-state index contributed by atoms with van der Waals surface area (Å²) in [7, 11) is 1.57. The van der Waals surface area contributed by atoms with Gasteiger partial charge in [-0.3, -0.25) is 9.69 Å². The van der Waals surface area contributed by atoms with Crippen LogP contribution in [0.15, 0.2) is 18.2 Å². The number of ether oxygens (including phenoxy) is 1. The van der Waals surface area contributed by atoms with Crippen molar-refractivity contribution in [2.75, 3.05) is 38.6 Å². The summed E-state index contributed by atoms with van der Waals surface area (Å²) in [5.74, 6) is 0.551. The number of carbonyl (C=O) groups excluding carboxylic acids is 1. The van der Waals surface area contributed by atoms with Crippen molar-refractivity contribution in [3.8, 4) is 5.75 Å². The second-order valence-corrected chi connectivity index (χ2v) is 5.35. The largest absolute Gasteiger partial charge is 0.495 e. The molecule has 1 aliphatic heterocycles. The van der Waals surface area contributed by atoms with E-state index >= 15 is 0 Å². The van der Waals surface area contributed by atoms with Crippen LogP contribution in [-0.4, -0.2) is 50.1 Å². The van der Waals surface area contributed by atoms with Crippen molar-refractivity contribution in [3.05, 3.63) is 23.2 Å². The van der Waals surface area contributed by atoms with Crippen molar-refractivity contribution in [1.29, 1.82) is 0 Å². The van der Waals surface area contributed by atoms with Crippen molar-refractivity contribution in [3.63, 3.8) is 0 Å². The van der Waals surface area contributed by atoms with Crippen LogP contribution >= 0.6 is 11.6 Å². The molecular formula is C14H20ClN3O2. The molecule has 1 fully saturated rings. The highest BCUT2D eigenvalue weighted by molar-refractivity contribution is 6.31. The Morgan fingerprint density at radius 1 is 1.60 bits per heavy atom. The number of nitrogens with zero attached hydrogens (tertiary/aromatic N) is 1. The summed E-state index contributed by atoms with van der Waals surface area (Å²) in [4.78, 5) is 14.3. The van der Waals surface area contributed by atoms with Gasteiger partial charge in [-0.25, -0.2) is 0 Å². The molecule has 1 heterocycles. The third kappa shape index (κ3) is 3.85. The number of hydrogen-bond acceptors (Lipinski definition) is 4. The minimum atomic E-state index is -0.0562. The first-order valence-electron chi connectivity index (χ1n) is 6.68. The molecule has 5 nitrogen and oxygen atoms in total. The van der Waals surface area contributed by atoms with Crippen LogP contribution in [0.3, 0.4) is 0 Å². The van der Waals surface area contributed by atoms with Gasteiger partial charge in [-0.1, -0.05) is 11.6 Å². The van der Waals surface area contributed by atoms with Crippen LogP contribution in [0.5, 0.6) is 5.75 Å². The Morgan fingerprint density at radius 2 is 2.40 bits per heavy atom. The van der Waals surface area contributed by atoms with E-state index in [0.717, 1.165) is 19.6 Å². The molecule has 1 aromatic rings. The number of carbonyl (C=O) groups is 1. The maximum Gasteiger partial charge on any atom is 0.238 e. The Bertz CT molecular complexity index is 481. The van der Waals surface area contributed by atoms with Crippen LogP contribution in [0.4, 0.5) is 5.69 Å². The Morgan fingerprint density at radius 3 is 3.10 bits per heavy atom. The third-order valence-corrected chi connectivity index (χ3v) is 3.66. The molecule has 0 aromatic heterocycles. The fourth-order valence-electron chi connectivity index (χ4n) is 2.27. The average Bonchev–Trinajstić information content (AvgIpc) is 2.41. The smallest absolute Gasteiger partial charge is 0.238 e. The number of rotatable bonds is 4. The standard InChI is InChI=1S/C14H20ClN3O2/c1-10-8-16-5-6-18(10)9-14(19)17-12-7-11(15)3-4-13(12)20-2/h3-4,7,10,16H,5-6,8-9H2,1-2H3,(H,17,19)/t10-/m1/s1. The molecule has 0 radical (unpaired) electrons. The zero-order valence-electron chi connectivity index (χ0n) is 11.8. The lowest BCUT2D eigenvalue weighted by Crippen LogP contribution is -2.51. The van der Waals surface area contributed by atoms with E-state index in [4.69, 9.17) is 16.3 Å². The van der Waals surface area contributed by atoms with Crippen molar-refractivity contribution in [1.82, 2.24) is 10.2 Å². The Labute approximate surface area is 124 Å². The van der Waals surface area contributed by atoms with Crippen molar-refractivity contribution < 1.29 is 9.53 Å². The van der Waals surface area contributed by atoms with E-state index in [-0.39, 0.29) is 5.91 Å². The highest BCUT2D eigenvalue weighted by Gasteiger charge is 2.20. The highest BCUT2D eigenvalue weighted by atomic mass is 35.5. The zero-order valence-corrected chi connectivity index (χ0v) is 12.5. The van der Waals surface area contributed by atoms with Gasteiger partial charge in [0.2, 0.25) is 5.91 Å². The Balaban J connectivity index is 1.99. The summed E-state index contributed by atoms with van der Waals surface area (Å²) in [6.07, 6.45) is 0. The molecule has 2 rings (SSSR count). The minimum absolute atomic E-state index is 0.0562. The van der Waals surface area contributed by atoms with Gasteiger partial charge in [-0.15, -0.1) is 0 Å². The maximum absolute atomic E-state index is 12.1. The number of benzene rings is 1. The summed E-state index contributed by atoms with van der Waals surface area (Å²) in [6.45, 7) is 5.19. The zero-order chi connectivity index (χ0) is 14.5. The molecule has 1 aromatic carbocycles. The Hall–Kier alpha value is -1.30. The van der Waals surface area contributed by atoms with Crippen molar-refractivity contribution in [2.24, 2.45) is 0 Å². The number of nitrogens with one attached hydrogen (secondary N) is 2. The fraction of sp³-hybridized carbons (Fsp3) is 0.500. The lowest BCUT2D eigenvalue weighted by Gasteiger charge is -2.33. The lowest BCUT2D eigenvalue weighted by atomic mass is 10.2. The van der Waals surface area contributed by atoms with E-state index < -0.39 is 0 Å². The van der Waals surface area contributed by atoms with Gasteiger partial charge in [-0.2, -0.15) is 0 Å². The van der Waals surface area contributed by atoms with E-state index in [1.54, 1.807) is 25.3 Å². The van der Waals surface area contributed by atoms with Crippen LogP contribution in [0.25, 0.3) is 0 Å². The summed E-state index contributed by atoms with van der Waals surface area (Å²) < 4.78 is 5.22. The van der Waals surface area contributed by atoms with Gasteiger partial charge in [0.15, 0.2) is 0 Å². The molecule has 0 aliphatic carbocycles. The molecule has 0 saturated carbocycles. The lowest BCUT2D eigenvalue weighted by molar-refractivity contribution is -0.118. The number of halogens is 1. The van der Waals surface area contributed by atoms with Gasteiger partial charge in [0.1, 0.15) is 5.75 Å². The molecule has 1 aliphatic rings. The molecule has 1 amide bonds. The fourth-order valence-corrected chi connectivity index (χ4v) is 2.44. The molecule has 20 heavy (non-hydrogen) atoms. The summed E-state index contributed by atoms with van der Waals surface area (Å²) in [6, 6.07) is 5.52. The highest BCUT2D eigenvalue weighted by Crippen LogP contribution is 2.27. The van der Waals surface area contributed by atoms with E-state index in [9.17, 15) is 4.79 Å². The van der Waals surface area contributed by atoms with Crippen molar-refractivity contribution in [2.45, 2.75) is 13.0 Å². The van der Waals surface area contributed by atoms with Crippen LogP contribution in [0.2, 0.25) is 5.02 Å². The van der Waals surface area contributed by atoms with Crippen LogP contribution in [-0.2, 0) is 4.79 Å². The number of amides is 1. The first-order chi connectivity index (χ1) is 9.60. The van der Waals surface area contributed by atoms with Gasteiger partial charge in [0.05, 0.1) is 19.3 Å². The second kappa shape index (κ2) is 6.92. The second-order valence-electron chi connectivity index (χ2n) is 4.92. The van der Waals surface area contributed by atoms with E-state index in [1.165, 1.54) is 0 Å². The van der Waals surface area contributed by atoms with Gasteiger partial charge >= 0.3 is 0 Å².